The number of thioether (sulfide) groups is 2. The van der Waals surface area contributed by atoms with Crippen LogP contribution >= 0.6 is 35.1 Å². The average molecular weight is 450 g/mol. The number of rotatable bonds is 9. The number of benzene rings is 2. The number of nitrogens with one attached hydrogen (secondary N) is 1. The Bertz CT molecular complexity index is 901. The molecule has 0 heterocycles. The Labute approximate surface area is 183 Å². The van der Waals surface area contributed by atoms with Gasteiger partial charge in [-0.25, -0.2) is 4.39 Å². The van der Waals surface area contributed by atoms with Gasteiger partial charge in [-0.1, -0.05) is 43.7 Å². The molecule has 152 valence electrons. The van der Waals surface area contributed by atoms with Crippen LogP contribution in [0.4, 0.5) is 10.1 Å². The molecule has 0 bridgehead atoms. The van der Waals surface area contributed by atoms with Crippen molar-refractivity contribution < 1.29 is 14.0 Å². The minimum atomic E-state index is -0.474. The molecule has 1 amide bonds. The highest BCUT2D eigenvalue weighted by molar-refractivity contribution is 8.22. The third kappa shape index (κ3) is 7.38. The van der Waals surface area contributed by atoms with Crippen molar-refractivity contribution in [3.05, 3.63) is 80.8 Å². The van der Waals surface area contributed by atoms with E-state index in [2.05, 4.69) is 5.32 Å². The summed E-state index contributed by atoms with van der Waals surface area (Å²) in [5, 5.41) is 3.32. The van der Waals surface area contributed by atoms with Crippen molar-refractivity contribution in [2.24, 2.45) is 0 Å². The normalized spacial score (nSPS) is 10.8. The molecule has 0 radical (unpaired) electrons. The molecule has 0 fully saturated rings. The van der Waals surface area contributed by atoms with Crippen LogP contribution in [0.2, 0.25) is 5.02 Å². The highest BCUT2D eigenvalue weighted by Gasteiger charge is 2.22. The number of hydrogen-bond acceptors (Lipinski definition) is 4. The number of allylic oxidation sites excluding steroid dienone is 1. The SMILES string of the molecule is CCSC(SCC)=C(C(=O)/C=C/c1ccc(F)cc1)C(=O)Nc1ccc(Cl)cc1. The van der Waals surface area contributed by atoms with Crippen molar-refractivity contribution in [3.63, 3.8) is 0 Å². The summed E-state index contributed by atoms with van der Waals surface area (Å²) in [6.45, 7) is 3.93. The number of halogens is 2. The summed E-state index contributed by atoms with van der Waals surface area (Å²) < 4.78 is 13.7. The van der Waals surface area contributed by atoms with E-state index >= 15 is 0 Å². The summed E-state index contributed by atoms with van der Waals surface area (Å²) in [6.07, 6.45) is 2.92. The molecule has 0 spiro atoms. The van der Waals surface area contributed by atoms with Crippen molar-refractivity contribution in [2.75, 3.05) is 16.8 Å². The molecule has 2 rings (SSSR count). The molecule has 7 heteroatoms. The molecule has 0 aliphatic heterocycles. The fourth-order valence-corrected chi connectivity index (χ4v) is 4.68. The van der Waals surface area contributed by atoms with Gasteiger partial charge in [-0.3, -0.25) is 9.59 Å². The van der Waals surface area contributed by atoms with Gasteiger partial charge in [-0.05, 0) is 59.5 Å². The van der Waals surface area contributed by atoms with Gasteiger partial charge in [0.2, 0.25) is 0 Å². The number of carbonyl (C=O) groups is 2. The van der Waals surface area contributed by atoms with Crippen LogP contribution in [0.1, 0.15) is 19.4 Å². The maximum absolute atomic E-state index is 13.1. The van der Waals surface area contributed by atoms with E-state index in [9.17, 15) is 14.0 Å². The van der Waals surface area contributed by atoms with Crippen LogP contribution in [-0.2, 0) is 9.59 Å². The van der Waals surface area contributed by atoms with E-state index in [4.69, 9.17) is 11.6 Å². The maximum atomic E-state index is 13.1. The number of amides is 1. The first-order valence-electron chi connectivity index (χ1n) is 8.99. The summed E-state index contributed by atoms with van der Waals surface area (Å²) in [7, 11) is 0. The molecule has 29 heavy (non-hydrogen) atoms. The summed E-state index contributed by atoms with van der Waals surface area (Å²) in [6, 6.07) is 12.5. The molecule has 0 atom stereocenters. The predicted octanol–water partition coefficient (Wildman–Crippen LogP) is 6.42. The van der Waals surface area contributed by atoms with Crippen LogP contribution in [0.3, 0.4) is 0 Å². The average Bonchev–Trinajstić information content (AvgIpc) is 2.70. The molecule has 3 nitrogen and oxygen atoms in total. The van der Waals surface area contributed by atoms with Crippen LogP contribution in [0.5, 0.6) is 0 Å². The molecular weight excluding hydrogens is 429 g/mol. The van der Waals surface area contributed by atoms with Gasteiger partial charge in [0.25, 0.3) is 5.91 Å². The van der Waals surface area contributed by atoms with Crippen LogP contribution in [-0.4, -0.2) is 23.2 Å². The Hall–Kier alpha value is -2.02. The zero-order valence-corrected chi connectivity index (χ0v) is 18.5. The Kier molecular flexibility index (Phi) is 9.51. The molecule has 0 saturated heterocycles. The molecule has 0 aliphatic carbocycles. The number of hydrogen-bond donors (Lipinski definition) is 1. The fraction of sp³-hybridized carbons (Fsp3) is 0.182. The highest BCUT2D eigenvalue weighted by Crippen LogP contribution is 2.32. The zero-order chi connectivity index (χ0) is 21.2. The van der Waals surface area contributed by atoms with Crippen LogP contribution in [0.15, 0.2) is 64.4 Å². The first-order chi connectivity index (χ1) is 13.9. The largest absolute Gasteiger partial charge is 0.322 e. The number of ketones is 1. The van der Waals surface area contributed by atoms with E-state index in [1.54, 1.807) is 42.5 Å². The second kappa shape index (κ2) is 11.9. The molecule has 1 N–H and O–H groups in total. The molecule has 0 saturated carbocycles. The molecule has 2 aromatic rings. The van der Waals surface area contributed by atoms with E-state index in [1.165, 1.54) is 41.7 Å². The van der Waals surface area contributed by atoms with E-state index in [1.807, 2.05) is 13.8 Å². The van der Waals surface area contributed by atoms with Crippen molar-refractivity contribution in [1.29, 1.82) is 0 Å². The van der Waals surface area contributed by atoms with Gasteiger partial charge in [0.1, 0.15) is 11.4 Å². The Balaban J connectivity index is 2.33. The van der Waals surface area contributed by atoms with Gasteiger partial charge in [-0.15, -0.1) is 23.5 Å². The van der Waals surface area contributed by atoms with Crippen molar-refractivity contribution >= 4 is 58.6 Å². The lowest BCUT2D eigenvalue weighted by Gasteiger charge is -2.12. The van der Waals surface area contributed by atoms with Gasteiger partial charge >= 0.3 is 0 Å². The molecule has 0 aromatic heterocycles. The second-order valence-electron chi connectivity index (χ2n) is 5.74. The molecular formula is C22H21ClFNO2S2. The standard InChI is InChI=1S/C22H21ClFNO2S2/c1-3-28-22(29-4-2)20(21(27)25-18-12-8-16(23)9-13-18)19(26)14-7-15-5-10-17(24)11-6-15/h5-14H,3-4H2,1-2H3,(H,25,27)/b14-7+. The first kappa shape index (κ1) is 23.3. The third-order valence-electron chi connectivity index (χ3n) is 3.63. The van der Waals surface area contributed by atoms with Gasteiger partial charge < -0.3 is 5.32 Å². The smallest absolute Gasteiger partial charge is 0.261 e. The van der Waals surface area contributed by atoms with Crippen LogP contribution in [0.25, 0.3) is 6.08 Å². The summed E-state index contributed by atoms with van der Waals surface area (Å²) in [5.41, 5.74) is 1.32. The van der Waals surface area contributed by atoms with Gasteiger partial charge in [0.05, 0.1) is 4.24 Å². The van der Waals surface area contributed by atoms with E-state index < -0.39 is 11.7 Å². The predicted molar refractivity (Wildman–Crippen MR) is 124 cm³/mol. The Morgan fingerprint density at radius 1 is 1.00 bits per heavy atom. The number of anilines is 1. The second-order valence-corrected chi connectivity index (χ2v) is 8.98. The van der Waals surface area contributed by atoms with Crippen LogP contribution in [0, 0.1) is 5.82 Å². The lowest BCUT2D eigenvalue weighted by molar-refractivity contribution is -0.117. The van der Waals surface area contributed by atoms with Gasteiger partial charge in [0.15, 0.2) is 5.78 Å². The maximum Gasteiger partial charge on any atom is 0.261 e. The molecule has 0 aliphatic rings. The minimum absolute atomic E-state index is 0.0945. The van der Waals surface area contributed by atoms with Crippen LogP contribution < -0.4 is 5.32 Å². The Morgan fingerprint density at radius 2 is 1.59 bits per heavy atom. The van der Waals surface area contributed by atoms with E-state index in [0.717, 1.165) is 11.5 Å². The fourth-order valence-electron chi connectivity index (χ4n) is 2.31. The van der Waals surface area contributed by atoms with Crippen molar-refractivity contribution in [2.45, 2.75) is 13.8 Å². The summed E-state index contributed by atoms with van der Waals surface area (Å²) >= 11 is 8.81. The lowest BCUT2D eigenvalue weighted by atomic mass is 10.1. The monoisotopic (exact) mass is 449 g/mol. The number of carbonyl (C=O) groups excluding carboxylic acids is 2. The van der Waals surface area contributed by atoms with Gasteiger partial charge in [-0.2, -0.15) is 0 Å². The zero-order valence-electron chi connectivity index (χ0n) is 16.1. The third-order valence-corrected chi connectivity index (χ3v) is 6.10. The van der Waals surface area contributed by atoms with Crippen molar-refractivity contribution in [3.8, 4) is 0 Å². The molecule has 2 aromatic carbocycles. The minimum Gasteiger partial charge on any atom is -0.322 e. The first-order valence-corrected chi connectivity index (χ1v) is 11.3. The lowest BCUT2D eigenvalue weighted by Crippen LogP contribution is -2.20. The van der Waals surface area contributed by atoms with E-state index in [0.29, 0.717) is 20.5 Å². The molecule has 0 unspecified atom stereocenters. The quantitative estimate of drug-likeness (QED) is 0.272. The summed E-state index contributed by atoms with van der Waals surface area (Å²) in [5.74, 6) is 0.234. The summed E-state index contributed by atoms with van der Waals surface area (Å²) in [4.78, 5) is 25.9. The Morgan fingerprint density at radius 3 is 2.14 bits per heavy atom. The topological polar surface area (TPSA) is 46.2 Å². The highest BCUT2D eigenvalue weighted by atomic mass is 35.5. The van der Waals surface area contributed by atoms with Crippen molar-refractivity contribution in [1.82, 2.24) is 0 Å². The van der Waals surface area contributed by atoms with E-state index in [-0.39, 0.29) is 11.4 Å². The van der Waals surface area contributed by atoms with Gasteiger partial charge in [0, 0.05) is 10.7 Å².